The van der Waals surface area contributed by atoms with Crippen molar-refractivity contribution in [1.82, 2.24) is 5.32 Å². The molecule has 0 saturated heterocycles. The first kappa shape index (κ1) is 13.9. The number of hydrogen-bond acceptors (Lipinski definition) is 1. The minimum absolute atomic E-state index is 0.396. The van der Waals surface area contributed by atoms with E-state index >= 15 is 0 Å². The lowest BCUT2D eigenvalue weighted by Crippen LogP contribution is -2.24. The van der Waals surface area contributed by atoms with Crippen LogP contribution in [0.15, 0.2) is 42.5 Å². The van der Waals surface area contributed by atoms with Crippen molar-refractivity contribution < 1.29 is 0 Å². The lowest BCUT2D eigenvalue weighted by atomic mass is 9.77. The number of rotatable bonds is 2. The Bertz CT molecular complexity index is 607. The van der Waals surface area contributed by atoms with Gasteiger partial charge in [0.1, 0.15) is 0 Å². The van der Waals surface area contributed by atoms with Crippen LogP contribution < -0.4 is 5.32 Å². The monoisotopic (exact) mass is 305 g/mol. The van der Waals surface area contributed by atoms with Crippen molar-refractivity contribution in [2.24, 2.45) is 0 Å². The highest BCUT2D eigenvalue weighted by Crippen LogP contribution is 2.42. The SMILES string of the molecule is CN[C@@H]1CC[C@H](c2ccc(Cl)cc2)c2ccc(Cl)cc21. The summed E-state index contributed by atoms with van der Waals surface area (Å²) >= 11 is 12.2. The first-order valence-electron chi connectivity index (χ1n) is 6.91. The molecule has 2 atom stereocenters. The van der Waals surface area contributed by atoms with Crippen LogP contribution >= 0.6 is 23.2 Å². The zero-order chi connectivity index (χ0) is 14.1. The van der Waals surface area contributed by atoms with Gasteiger partial charge in [-0.15, -0.1) is 0 Å². The molecule has 0 amide bonds. The molecule has 0 spiro atoms. The van der Waals surface area contributed by atoms with E-state index < -0.39 is 0 Å². The molecule has 0 fully saturated rings. The molecule has 20 heavy (non-hydrogen) atoms. The molecule has 1 N–H and O–H groups in total. The molecule has 0 radical (unpaired) electrons. The van der Waals surface area contributed by atoms with Gasteiger partial charge < -0.3 is 5.32 Å². The smallest absolute Gasteiger partial charge is 0.0409 e. The Balaban J connectivity index is 2.05. The first-order valence-corrected chi connectivity index (χ1v) is 7.66. The standard InChI is InChI=1S/C17H17Cl2N/c1-20-17-9-8-14(11-2-4-12(18)5-3-11)15-7-6-13(19)10-16(15)17/h2-7,10,14,17,20H,8-9H2,1H3/t14-,17-/m1/s1. The summed E-state index contributed by atoms with van der Waals surface area (Å²) in [6, 6.07) is 14.8. The van der Waals surface area contributed by atoms with Crippen molar-refractivity contribution in [3.8, 4) is 0 Å². The third-order valence-corrected chi connectivity index (χ3v) is 4.65. The Morgan fingerprint density at radius 3 is 2.30 bits per heavy atom. The van der Waals surface area contributed by atoms with Gasteiger partial charge in [-0.3, -0.25) is 0 Å². The summed E-state index contributed by atoms with van der Waals surface area (Å²) in [6.45, 7) is 0. The van der Waals surface area contributed by atoms with Crippen LogP contribution in [0, 0.1) is 0 Å². The highest BCUT2D eigenvalue weighted by atomic mass is 35.5. The minimum atomic E-state index is 0.396. The fourth-order valence-electron chi connectivity index (χ4n) is 3.15. The number of nitrogens with one attached hydrogen (secondary N) is 1. The molecule has 1 aliphatic rings. The van der Waals surface area contributed by atoms with E-state index in [-0.39, 0.29) is 0 Å². The zero-order valence-corrected chi connectivity index (χ0v) is 12.9. The second-order valence-electron chi connectivity index (χ2n) is 5.30. The largest absolute Gasteiger partial charge is 0.313 e. The van der Waals surface area contributed by atoms with Gasteiger partial charge in [-0.2, -0.15) is 0 Å². The number of hydrogen-bond donors (Lipinski definition) is 1. The van der Waals surface area contributed by atoms with E-state index in [0.717, 1.165) is 22.9 Å². The highest BCUT2D eigenvalue weighted by Gasteiger charge is 2.27. The van der Waals surface area contributed by atoms with Gasteiger partial charge in [0, 0.05) is 22.0 Å². The fourth-order valence-corrected chi connectivity index (χ4v) is 3.46. The molecule has 3 heteroatoms. The summed E-state index contributed by atoms with van der Waals surface area (Å²) in [6.07, 6.45) is 2.26. The van der Waals surface area contributed by atoms with Crippen molar-refractivity contribution in [2.45, 2.75) is 24.8 Å². The van der Waals surface area contributed by atoms with Gasteiger partial charge in [-0.05, 0) is 60.8 Å². The summed E-state index contributed by atoms with van der Waals surface area (Å²) in [5.41, 5.74) is 4.03. The van der Waals surface area contributed by atoms with Crippen molar-refractivity contribution >= 4 is 23.2 Å². The van der Waals surface area contributed by atoms with Crippen LogP contribution in [0.5, 0.6) is 0 Å². The van der Waals surface area contributed by atoms with Gasteiger partial charge in [0.05, 0.1) is 0 Å². The van der Waals surface area contributed by atoms with Crippen molar-refractivity contribution in [2.75, 3.05) is 7.05 Å². The molecule has 1 aliphatic carbocycles. The van der Waals surface area contributed by atoms with E-state index in [1.165, 1.54) is 16.7 Å². The topological polar surface area (TPSA) is 12.0 Å². The molecule has 0 aliphatic heterocycles. The molecule has 104 valence electrons. The Kier molecular flexibility index (Phi) is 4.02. The maximum absolute atomic E-state index is 6.17. The second kappa shape index (κ2) is 5.77. The summed E-state index contributed by atoms with van der Waals surface area (Å²) < 4.78 is 0. The molecule has 0 aromatic heterocycles. The van der Waals surface area contributed by atoms with Gasteiger partial charge >= 0.3 is 0 Å². The quantitative estimate of drug-likeness (QED) is 0.806. The summed E-state index contributed by atoms with van der Waals surface area (Å²) in [5, 5.41) is 4.98. The highest BCUT2D eigenvalue weighted by molar-refractivity contribution is 6.30. The molecule has 0 saturated carbocycles. The summed E-state index contributed by atoms with van der Waals surface area (Å²) in [4.78, 5) is 0. The molecule has 1 nitrogen and oxygen atoms in total. The molecule has 2 aromatic rings. The lowest BCUT2D eigenvalue weighted by molar-refractivity contribution is 0.471. The zero-order valence-electron chi connectivity index (χ0n) is 11.4. The Morgan fingerprint density at radius 1 is 0.900 bits per heavy atom. The average Bonchev–Trinajstić information content (AvgIpc) is 2.47. The van der Waals surface area contributed by atoms with Crippen LogP contribution in [0.2, 0.25) is 10.0 Å². The van der Waals surface area contributed by atoms with E-state index in [0.29, 0.717) is 12.0 Å². The van der Waals surface area contributed by atoms with E-state index in [4.69, 9.17) is 23.2 Å². The van der Waals surface area contributed by atoms with Gasteiger partial charge in [-0.25, -0.2) is 0 Å². The molecular formula is C17H17Cl2N. The maximum Gasteiger partial charge on any atom is 0.0409 e. The molecular weight excluding hydrogens is 289 g/mol. The summed E-state index contributed by atoms with van der Waals surface area (Å²) in [5.74, 6) is 0.434. The van der Waals surface area contributed by atoms with Crippen LogP contribution in [0.3, 0.4) is 0 Å². The van der Waals surface area contributed by atoms with Gasteiger partial charge in [0.15, 0.2) is 0 Å². The predicted octanol–water partition coefficient (Wildman–Crippen LogP) is 5.18. The Hall–Kier alpha value is -1.02. The lowest BCUT2D eigenvalue weighted by Gasteiger charge is -2.32. The van der Waals surface area contributed by atoms with Crippen molar-refractivity contribution in [3.05, 3.63) is 69.2 Å². The molecule has 0 heterocycles. The van der Waals surface area contributed by atoms with Crippen molar-refractivity contribution in [1.29, 1.82) is 0 Å². The van der Waals surface area contributed by atoms with E-state index in [9.17, 15) is 0 Å². The van der Waals surface area contributed by atoms with Gasteiger partial charge in [0.2, 0.25) is 0 Å². The van der Waals surface area contributed by atoms with Crippen LogP contribution in [0.1, 0.15) is 41.5 Å². The second-order valence-corrected chi connectivity index (χ2v) is 6.17. The summed E-state index contributed by atoms with van der Waals surface area (Å²) in [7, 11) is 2.01. The van der Waals surface area contributed by atoms with Crippen LogP contribution in [0.25, 0.3) is 0 Å². The molecule has 0 unspecified atom stereocenters. The number of halogens is 2. The average molecular weight is 306 g/mol. The third-order valence-electron chi connectivity index (χ3n) is 4.16. The molecule has 0 bridgehead atoms. The normalized spacial score (nSPS) is 21.6. The van der Waals surface area contributed by atoms with Crippen molar-refractivity contribution in [3.63, 3.8) is 0 Å². The maximum atomic E-state index is 6.17. The molecule has 2 aromatic carbocycles. The first-order chi connectivity index (χ1) is 9.69. The molecule has 3 rings (SSSR count). The van der Waals surface area contributed by atoms with Gasteiger partial charge in [0.25, 0.3) is 0 Å². The van der Waals surface area contributed by atoms with E-state index in [2.05, 4.69) is 29.6 Å². The van der Waals surface area contributed by atoms with Crippen LogP contribution in [0.4, 0.5) is 0 Å². The minimum Gasteiger partial charge on any atom is -0.313 e. The van der Waals surface area contributed by atoms with Crippen LogP contribution in [-0.4, -0.2) is 7.05 Å². The fraction of sp³-hybridized carbons (Fsp3) is 0.294. The number of fused-ring (bicyclic) bond motifs is 1. The predicted molar refractivity (Wildman–Crippen MR) is 85.8 cm³/mol. The Morgan fingerprint density at radius 2 is 1.60 bits per heavy atom. The van der Waals surface area contributed by atoms with Gasteiger partial charge in [-0.1, -0.05) is 41.4 Å². The van der Waals surface area contributed by atoms with E-state index in [1.54, 1.807) is 0 Å². The van der Waals surface area contributed by atoms with Crippen LogP contribution in [-0.2, 0) is 0 Å². The van der Waals surface area contributed by atoms with E-state index in [1.807, 2.05) is 25.2 Å². The third kappa shape index (κ3) is 2.58. The number of benzene rings is 2. The Labute approximate surface area is 129 Å².